The van der Waals surface area contributed by atoms with Crippen molar-refractivity contribution >= 4 is 28.6 Å². The van der Waals surface area contributed by atoms with E-state index in [0.717, 1.165) is 4.43 Å². The molecule has 0 saturated carbocycles. The molecule has 0 aliphatic carbocycles. The van der Waals surface area contributed by atoms with E-state index in [1.807, 2.05) is 6.07 Å². The molecule has 0 amide bonds. The fraction of sp³-hybridized carbons (Fsp3) is 0.0952. The molecule has 3 aromatic carbocycles. The van der Waals surface area contributed by atoms with Gasteiger partial charge in [0.25, 0.3) is 0 Å². The first kappa shape index (κ1) is 19.2. The molecular weight excluding hydrogens is 462 g/mol. The molecule has 0 aliphatic rings. The molecule has 0 spiro atoms. The molecule has 138 valence electrons. The molecule has 0 aromatic heterocycles. The number of hydrogen-bond acceptors (Lipinski definition) is 3. The standard InChI is InChI=1S/C21H16FIO4/c22-18-12-14(7-9-19(18)26-11-10-23)15-6-8-17(21(24)25)20(13-15)27-16-4-2-1-3-5-16/h1-9,12-13H,10-11H2,(H,24,25). The largest absolute Gasteiger partial charge is 0.490 e. The van der Waals surface area contributed by atoms with E-state index in [1.165, 1.54) is 12.1 Å². The Balaban J connectivity index is 1.95. The van der Waals surface area contributed by atoms with Crippen molar-refractivity contribution < 1.29 is 23.8 Å². The number of carboxylic acids is 1. The number of rotatable bonds is 7. The number of para-hydroxylation sites is 1. The summed E-state index contributed by atoms with van der Waals surface area (Å²) in [4.78, 5) is 11.5. The first-order chi connectivity index (χ1) is 13.1. The molecule has 0 aliphatic heterocycles. The number of halogens is 2. The van der Waals surface area contributed by atoms with Crippen molar-refractivity contribution in [3.63, 3.8) is 0 Å². The van der Waals surface area contributed by atoms with Crippen LogP contribution in [-0.2, 0) is 0 Å². The lowest BCUT2D eigenvalue weighted by atomic mass is 10.0. The Hall–Kier alpha value is -2.61. The minimum absolute atomic E-state index is 0.0325. The number of ether oxygens (including phenoxy) is 2. The first-order valence-electron chi connectivity index (χ1n) is 8.17. The van der Waals surface area contributed by atoms with Gasteiger partial charge in [-0.3, -0.25) is 0 Å². The Bertz CT molecular complexity index is 944. The summed E-state index contributed by atoms with van der Waals surface area (Å²) >= 11 is 2.15. The summed E-state index contributed by atoms with van der Waals surface area (Å²) in [5.41, 5.74) is 1.28. The van der Waals surface area contributed by atoms with Gasteiger partial charge in [0.05, 0.1) is 6.61 Å². The van der Waals surface area contributed by atoms with Gasteiger partial charge < -0.3 is 14.6 Å². The third-order valence-electron chi connectivity index (χ3n) is 3.78. The summed E-state index contributed by atoms with van der Waals surface area (Å²) in [6.45, 7) is 0.430. The lowest BCUT2D eigenvalue weighted by Crippen LogP contribution is -2.01. The van der Waals surface area contributed by atoms with Crippen molar-refractivity contribution in [2.24, 2.45) is 0 Å². The summed E-state index contributed by atoms with van der Waals surface area (Å²) in [7, 11) is 0. The van der Waals surface area contributed by atoms with Crippen molar-refractivity contribution in [1.29, 1.82) is 0 Å². The minimum Gasteiger partial charge on any atom is -0.490 e. The van der Waals surface area contributed by atoms with E-state index in [9.17, 15) is 14.3 Å². The molecule has 0 bridgehead atoms. The minimum atomic E-state index is -1.10. The number of aromatic carboxylic acids is 1. The van der Waals surface area contributed by atoms with Crippen LogP contribution in [0.4, 0.5) is 4.39 Å². The predicted octanol–water partition coefficient (Wildman–Crippen LogP) is 5.80. The quantitative estimate of drug-likeness (QED) is 0.345. The Kier molecular flexibility index (Phi) is 6.28. The smallest absolute Gasteiger partial charge is 0.339 e. The Morgan fingerprint density at radius 1 is 0.963 bits per heavy atom. The molecule has 0 fully saturated rings. The van der Waals surface area contributed by atoms with Gasteiger partial charge in [-0.2, -0.15) is 0 Å². The van der Waals surface area contributed by atoms with Crippen LogP contribution in [-0.4, -0.2) is 22.1 Å². The van der Waals surface area contributed by atoms with Crippen LogP contribution in [0.2, 0.25) is 0 Å². The highest BCUT2D eigenvalue weighted by Gasteiger charge is 2.15. The van der Waals surface area contributed by atoms with Gasteiger partial charge in [-0.1, -0.05) is 52.9 Å². The van der Waals surface area contributed by atoms with Gasteiger partial charge in [0, 0.05) is 4.43 Å². The molecule has 4 nitrogen and oxygen atoms in total. The van der Waals surface area contributed by atoms with E-state index in [1.54, 1.807) is 48.5 Å². The van der Waals surface area contributed by atoms with Gasteiger partial charge >= 0.3 is 5.97 Å². The second kappa shape index (κ2) is 8.85. The summed E-state index contributed by atoms with van der Waals surface area (Å²) in [6.07, 6.45) is 0. The summed E-state index contributed by atoms with van der Waals surface area (Å²) in [5, 5.41) is 9.41. The summed E-state index contributed by atoms with van der Waals surface area (Å²) in [5.74, 6) is -0.660. The van der Waals surface area contributed by atoms with Crippen LogP contribution in [0.1, 0.15) is 10.4 Å². The maximum atomic E-state index is 14.3. The van der Waals surface area contributed by atoms with Crippen LogP contribution in [0.3, 0.4) is 0 Å². The fourth-order valence-electron chi connectivity index (χ4n) is 2.52. The zero-order valence-corrected chi connectivity index (χ0v) is 16.4. The molecule has 3 aromatic rings. The molecule has 0 heterocycles. The maximum Gasteiger partial charge on any atom is 0.339 e. The Morgan fingerprint density at radius 3 is 2.33 bits per heavy atom. The monoisotopic (exact) mass is 478 g/mol. The van der Waals surface area contributed by atoms with Gasteiger partial charge in [-0.05, 0) is 47.5 Å². The molecule has 0 radical (unpaired) electrons. The van der Waals surface area contributed by atoms with Crippen molar-refractivity contribution in [3.05, 3.63) is 78.1 Å². The summed E-state index contributed by atoms with van der Waals surface area (Å²) < 4.78 is 26.1. The van der Waals surface area contributed by atoms with Crippen molar-refractivity contribution in [3.8, 4) is 28.4 Å². The highest BCUT2D eigenvalue weighted by molar-refractivity contribution is 14.1. The van der Waals surface area contributed by atoms with Crippen LogP contribution < -0.4 is 9.47 Å². The SMILES string of the molecule is O=C(O)c1ccc(-c2ccc(OCCI)c(F)c2)cc1Oc1ccccc1. The number of alkyl halides is 1. The highest BCUT2D eigenvalue weighted by Crippen LogP contribution is 2.32. The molecule has 0 saturated heterocycles. The van der Waals surface area contributed by atoms with Gasteiger partial charge in [-0.25, -0.2) is 9.18 Å². The first-order valence-corrected chi connectivity index (χ1v) is 9.70. The molecule has 1 N–H and O–H groups in total. The van der Waals surface area contributed by atoms with E-state index in [4.69, 9.17) is 9.47 Å². The number of carbonyl (C=O) groups is 1. The Morgan fingerprint density at radius 2 is 1.67 bits per heavy atom. The fourth-order valence-corrected chi connectivity index (χ4v) is 2.74. The van der Waals surface area contributed by atoms with Crippen molar-refractivity contribution in [2.45, 2.75) is 0 Å². The molecular formula is C21H16FIO4. The second-order valence-electron chi connectivity index (χ2n) is 5.61. The highest BCUT2D eigenvalue weighted by atomic mass is 127. The Labute approximate surface area is 169 Å². The van der Waals surface area contributed by atoms with Gasteiger partial charge in [0.1, 0.15) is 17.1 Å². The van der Waals surface area contributed by atoms with E-state index < -0.39 is 11.8 Å². The average molecular weight is 478 g/mol. The molecule has 27 heavy (non-hydrogen) atoms. The maximum absolute atomic E-state index is 14.3. The van der Waals surface area contributed by atoms with Gasteiger partial charge in [0.15, 0.2) is 11.6 Å². The number of carboxylic acid groups (broad SMARTS) is 1. The molecule has 3 rings (SSSR count). The van der Waals surface area contributed by atoms with Gasteiger partial charge in [0.2, 0.25) is 0 Å². The van der Waals surface area contributed by atoms with Crippen LogP contribution in [0, 0.1) is 5.82 Å². The number of benzene rings is 3. The third kappa shape index (κ3) is 4.77. The van der Waals surface area contributed by atoms with E-state index in [2.05, 4.69) is 22.6 Å². The van der Waals surface area contributed by atoms with Crippen molar-refractivity contribution in [1.82, 2.24) is 0 Å². The van der Waals surface area contributed by atoms with E-state index in [0.29, 0.717) is 23.5 Å². The van der Waals surface area contributed by atoms with E-state index >= 15 is 0 Å². The predicted molar refractivity (Wildman–Crippen MR) is 110 cm³/mol. The summed E-state index contributed by atoms with van der Waals surface area (Å²) in [6, 6.07) is 18.2. The van der Waals surface area contributed by atoms with E-state index in [-0.39, 0.29) is 17.1 Å². The second-order valence-corrected chi connectivity index (χ2v) is 6.69. The number of hydrogen-bond donors (Lipinski definition) is 1. The lowest BCUT2D eigenvalue weighted by molar-refractivity contribution is 0.0694. The zero-order chi connectivity index (χ0) is 19.2. The lowest BCUT2D eigenvalue weighted by Gasteiger charge is -2.12. The topological polar surface area (TPSA) is 55.8 Å². The molecule has 0 unspecified atom stereocenters. The average Bonchev–Trinajstić information content (AvgIpc) is 2.67. The molecule has 0 atom stereocenters. The third-order valence-corrected chi connectivity index (χ3v) is 4.22. The zero-order valence-electron chi connectivity index (χ0n) is 14.2. The van der Waals surface area contributed by atoms with Crippen LogP contribution >= 0.6 is 22.6 Å². The van der Waals surface area contributed by atoms with Crippen LogP contribution in [0.5, 0.6) is 17.2 Å². The van der Waals surface area contributed by atoms with Crippen LogP contribution in [0.15, 0.2) is 66.7 Å². The molecule has 6 heteroatoms. The van der Waals surface area contributed by atoms with Crippen molar-refractivity contribution in [2.75, 3.05) is 11.0 Å². The van der Waals surface area contributed by atoms with Crippen LogP contribution in [0.25, 0.3) is 11.1 Å². The normalized spacial score (nSPS) is 10.4. The van der Waals surface area contributed by atoms with Gasteiger partial charge in [-0.15, -0.1) is 0 Å².